The van der Waals surface area contributed by atoms with Crippen LogP contribution in [0, 0.1) is 0 Å². The molecule has 2 rings (SSSR count). The molecule has 0 saturated heterocycles. The first kappa shape index (κ1) is 13.6. The second-order valence-electron chi connectivity index (χ2n) is 4.13. The minimum atomic E-state index is -1.13. The van der Waals surface area contributed by atoms with E-state index in [1.165, 1.54) is 0 Å². The molecule has 0 N–H and O–H groups in total. The molecule has 0 fully saturated rings. The van der Waals surface area contributed by atoms with Crippen LogP contribution in [0.15, 0.2) is 61.2 Å². The molecule has 0 aliphatic rings. The predicted octanol–water partition coefficient (Wildman–Crippen LogP) is 3.61. The van der Waals surface area contributed by atoms with Crippen molar-refractivity contribution in [3.05, 3.63) is 72.3 Å². The van der Waals surface area contributed by atoms with E-state index >= 15 is 0 Å². The van der Waals surface area contributed by atoms with Crippen molar-refractivity contribution in [3.63, 3.8) is 0 Å². The lowest BCUT2D eigenvalue weighted by Gasteiger charge is -2.08. The smallest absolute Gasteiger partial charge is 0.119 e. The maximum Gasteiger partial charge on any atom is 0.119 e. The molecule has 1 atom stereocenters. The number of benzene rings is 2. The first-order chi connectivity index (χ1) is 9.20. The summed E-state index contributed by atoms with van der Waals surface area (Å²) in [6.07, 6.45) is 0. The van der Waals surface area contributed by atoms with Crippen LogP contribution >= 0.6 is 0 Å². The van der Waals surface area contributed by atoms with E-state index in [4.69, 9.17) is 4.74 Å². The summed E-state index contributed by atoms with van der Waals surface area (Å²) in [6, 6.07) is 17.3. The van der Waals surface area contributed by atoms with Crippen molar-refractivity contribution >= 4 is 15.7 Å². The Kier molecular flexibility index (Phi) is 4.53. The molecule has 0 amide bonds. The Morgan fingerprint density at radius 2 is 1.89 bits per heavy atom. The highest BCUT2D eigenvalue weighted by Gasteiger charge is 2.09. The van der Waals surface area contributed by atoms with Gasteiger partial charge in [-0.15, -0.1) is 0 Å². The number of rotatable bonds is 5. The normalized spacial score (nSPS) is 11.8. The highest BCUT2D eigenvalue weighted by atomic mass is 32.2. The second-order valence-corrected chi connectivity index (χ2v) is 5.60. The summed E-state index contributed by atoms with van der Waals surface area (Å²) < 4.78 is 17.4. The van der Waals surface area contributed by atoms with Gasteiger partial charge in [0.05, 0.1) is 23.7 Å². The molecular weight excluding hydrogens is 256 g/mol. The van der Waals surface area contributed by atoms with Gasteiger partial charge in [-0.1, -0.05) is 49.0 Å². The molecule has 2 aromatic rings. The molecule has 0 aliphatic carbocycles. The summed E-state index contributed by atoms with van der Waals surface area (Å²) in [5.74, 6) is 1.23. The van der Waals surface area contributed by atoms with Gasteiger partial charge in [-0.2, -0.15) is 0 Å². The zero-order valence-corrected chi connectivity index (χ0v) is 11.7. The molecule has 3 heteroatoms. The highest BCUT2D eigenvalue weighted by molar-refractivity contribution is 7.93. The lowest BCUT2D eigenvalue weighted by atomic mass is 10.2. The molecule has 0 radical (unpaired) electrons. The van der Waals surface area contributed by atoms with Crippen LogP contribution in [0.2, 0.25) is 0 Å². The fourth-order valence-electron chi connectivity index (χ4n) is 1.74. The Morgan fingerprint density at radius 3 is 2.58 bits per heavy atom. The van der Waals surface area contributed by atoms with Crippen LogP contribution in [0.3, 0.4) is 0 Å². The summed E-state index contributed by atoms with van der Waals surface area (Å²) in [7, 11) is 0.487. The Bertz CT molecular complexity index is 591. The van der Waals surface area contributed by atoms with Crippen molar-refractivity contribution in [2.24, 2.45) is 0 Å². The molecule has 0 spiro atoms. The van der Waals surface area contributed by atoms with Crippen LogP contribution in [-0.4, -0.2) is 11.3 Å². The van der Waals surface area contributed by atoms with Crippen LogP contribution in [0.4, 0.5) is 0 Å². The van der Waals surface area contributed by atoms with Crippen molar-refractivity contribution in [1.29, 1.82) is 0 Å². The summed E-state index contributed by atoms with van der Waals surface area (Å²) in [4.78, 5) is 0.628. The lowest BCUT2D eigenvalue weighted by Crippen LogP contribution is -1.98. The molecular formula is C16H16O2S. The van der Waals surface area contributed by atoms with Crippen molar-refractivity contribution in [1.82, 2.24) is 0 Å². The Morgan fingerprint density at radius 1 is 1.16 bits per heavy atom. The number of hydrogen-bond acceptors (Lipinski definition) is 2. The lowest BCUT2D eigenvalue weighted by molar-refractivity contribution is 0.414. The third-order valence-electron chi connectivity index (χ3n) is 2.81. The SMILES string of the molecule is C=C(c1cccc(OC)c1)[S@@](=O)Cc1ccccc1. The zero-order chi connectivity index (χ0) is 13.7. The molecule has 98 valence electrons. The van der Waals surface area contributed by atoms with Crippen LogP contribution in [0.25, 0.3) is 4.91 Å². The van der Waals surface area contributed by atoms with E-state index in [9.17, 15) is 4.21 Å². The largest absolute Gasteiger partial charge is 0.497 e. The maximum atomic E-state index is 12.3. The average molecular weight is 272 g/mol. The van der Waals surface area contributed by atoms with Gasteiger partial charge in [0.2, 0.25) is 0 Å². The van der Waals surface area contributed by atoms with Crippen LogP contribution in [-0.2, 0) is 16.6 Å². The van der Waals surface area contributed by atoms with Crippen LogP contribution in [0.1, 0.15) is 11.1 Å². The third kappa shape index (κ3) is 3.55. The molecule has 2 nitrogen and oxygen atoms in total. The predicted molar refractivity (Wildman–Crippen MR) is 80.3 cm³/mol. The monoisotopic (exact) mass is 272 g/mol. The second kappa shape index (κ2) is 6.34. The van der Waals surface area contributed by atoms with E-state index in [-0.39, 0.29) is 0 Å². The van der Waals surface area contributed by atoms with Crippen molar-refractivity contribution in [2.75, 3.05) is 7.11 Å². The summed E-state index contributed by atoms with van der Waals surface area (Å²) in [5, 5.41) is 0. The quantitative estimate of drug-likeness (QED) is 0.831. The fourth-order valence-corrected chi connectivity index (χ4v) is 2.80. The van der Waals surface area contributed by atoms with Gasteiger partial charge in [0.25, 0.3) is 0 Å². The van der Waals surface area contributed by atoms with E-state index in [0.717, 1.165) is 16.9 Å². The van der Waals surface area contributed by atoms with E-state index in [0.29, 0.717) is 10.7 Å². The number of hydrogen-bond donors (Lipinski definition) is 0. The van der Waals surface area contributed by atoms with Gasteiger partial charge >= 0.3 is 0 Å². The zero-order valence-electron chi connectivity index (χ0n) is 10.8. The molecule has 2 aromatic carbocycles. The van der Waals surface area contributed by atoms with E-state index in [1.54, 1.807) is 7.11 Å². The van der Waals surface area contributed by atoms with E-state index < -0.39 is 10.8 Å². The molecule has 0 unspecified atom stereocenters. The Hall–Kier alpha value is -1.87. The van der Waals surface area contributed by atoms with Crippen LogP contribution in [0.5, 0.6) is 5.75 Å². The molecule has 0 heterocycles. The summed E-state index contributed by atoms with van der Waals surface area (Å²) in [6.45, 7) is 3.94. The Labute approximate surface area is 116 Å². The van der Waals surface area contributed by atoms with Crippen molar-refractivity contribution in [2.45, 2.75) is 5.75 Å². The minimum Gasteiger partial charge on any atom is -0.497 e. The number of ether oxygens (including phenoxy) is 1. The van der Waals surface area contributed by atoms with Gasteiger partial charge in [0.15, 0.2) is 0 Å². The first-order valence-electron chi connectivity index (χ1n) is 5.96. The number of methoxy groups -OCH3 is 1. The van der Waals surface area contributed by atoms with Crippen molar-refractivity contribution in [3.8, 4) is 5.75 Å². The molecule has 0 aliphatic heterocycles. The third-order valence-corrected chi connectivity index (χ3v) is 4.19. The highest BCUT2D eigenvalue weighted by Crippen LogP contribution is 2.23. The maximum absolute atomic E-state index is 12.3. The van der Waals surface area contributed by atoms with Gasteiger partial charge in [-0.3, -0.25) is 4.21 Å². The first-order valence-corrected chi connectivity index (χ1v) is 7.28. The molecule has 0 aromatic heterocycles. The van der Waals surface area contributed by atoms with Gasteiger partial charge in [-0.25, -0.2) is 0 Å². The molecule has 19 heavy (non-hydrogen) atoms. The van der Waals surface area contributed by atoms with Gasteiger partial charge in [0.1, 0.15) is 5.75 Å². The van der Waals surface area contributed by atoms with E-state index in [1.807, 2.05) is 54.6 Å². The Balaban J connectivity index is 2.13. The minimum absolute atomic E-state index is 0.483. The molecule has 0 bridgehead atoms. The topological polar surface area (TPSA) is 26.3 Å². The van der Waals surface area contributed by atoms with E-state index in [2.05, 4.69) is 6.58 Å². The van der Waals surface area contributed by atoms with Gasteiger partial charge < -0.3 is 4.74 Å². The standard InChI is InChI=1S/C16H16O2S/c1-13(15-9-6-10-16(11-15)18-2)19(17)12-14-7-4-3-5-8-14/h3-11H,1,12H2,2H3/t19-/m0/s1. The van der Waals surface area contributed by atoms with Gasteiger partial charge in [-0.05, 0) is 23.3 Å². The molecule has 0 saturated carbocycles. The van der Waals surface area contributed by atoms with Gasteiger partial charge in [0, 0.05) is 4.91 Å². The van der Waals surface area contributed by atoms with Crippen molar-refractivity contribution < 1.29 is 8.95 Å². The fraction of sp³-hybridized carbons (Fsp3) is 0.125. The summed E-state index contributed by atoms with van der Waals surface area (Å²) in [5.41, 5.74) is 1.90. The van der Waals surface area contributed by atoms with Crippen LogP contribution < -0.4 is 4.74 Å². The summed E-state index contributed by atoms with van der Waals surface area (Å²) >= 11 is 0. The average Bonchev–Trinajstić information content (AvgIpc) is 2.47.